The normalized spacial score (nSPS) is 10.8. The van der Waals surface area contributed by atoms with Crippen molar-refractivity contribution in [2.24, 2.45) is 5.10 Å². The highest BCUT2D eigenvalue weighted by Crippen LogP contribution is 2.30. The van der Waals surface area contributed by atoms with E-state index in [1.54, 1.807) is 12.1 Å². The van der Waals surface area contributed by atoms with Crippen molar-refractivity contribution in [1.29, 1.82) is 0 Å². The average molecular weight is 389 g/mol. The van der Waals surface area contributed by atoms with Gasteiger partial charge in [0.1, 0.15) is 12.1 Å². The number of benzene rings is 1. The summed E-state index contributed by atoms with van der Waals surface area (Å²) >= 11 is 6.48. The second kappa shape index (κ2) is 5.93. The van der Waals surface area contributed by atoms with Gasteiger partial charge >= 0.3 is 5.91 Å². The molecule has 19 heavy (non-hydrogen) atoms. The number of rotatable bonds is 3. The van der Waals surface area contributed by atoms with Crippen molar-refractivity contribution >= 4 is 44.0 Å². The van der Waals surface area contributed by atoms with Crippen LogP contribution in [0.4, 0.5) is 0 Å². The van der Waals surface area contributed by atoms with E-state index in [4.69, 9.17) is 0 Å². The van der Waals surface area contributed by atoms with Crippen LogP contribution >= 0.6 is 31.9 Å². The first-order chi connectivity index (χ1) is 9.08. The summed E-state index contributed by atoms with van der Waals surface area (Å²) in [4.78, 5) is 15.1. The number of amides is 1. The molecule has 0 aliphatic rings. The molecule has 2 aromatic rings. The summed E-state index contributed by atoms with van der Waals surface area (Å²) in [5.41, 5.74) is 2.70. The van der Waals surface area contributed by atoms with E-state index in [0.717, 1.165) is 4.47 Å². The van der Waals surface area contributed by atoms with E-state index in [-0.39, 0.29) is 11.6 Å². The standard InChI is InChI=1S/C10H7Br2N5O2/c11-6-1-5(8(18)7(12)2-6)3-14-17-10(19)9-13-4-15-16-9/h1-4,18H,(H,17,19)(H,13,15,16). The molecular weight excluding hydrogens is 382 g/mol. The molecule has 1 aromatic carbocycles. The Morgan fingerprint density at radius 2 is 2.26 bits per heavy atom. The van der Waals surface area contributed by atoms with Crippen molar-refractivity contribution in [2.75, 3.05) is 0 Å². The molecular formula is C10H7Br2N5O2. The second-order valence-electron chi connectivity index (χ2n) is 3.36. The van der Waals surface area contributed by atoms with Crippen molar-refractivity contribution < 1.29 is 9.90 Å². The zero-order valence-electron chi connectivity index (χ0n) is 9.26. The SMILES string of the molecule is O=C(NN=Cc1cc(Br)cc(Br)c1O)c1ncn[nH]1. The molecule has 2 rings (SSSR count). The summed E-state index contributed by atoms with van der Waals surface area (Å²) in [5, 5.41) is 19.4. The van der Waals surface area contributed by atoms with Gasteiger partial charge in [0.15, 0.2) is 0 Å². The predicted molar refractivity (Wildman–Crippen MR) is 74.9 cm³/mol. The second-order valence-corrected chi connectivity index (χ2v) is 5.13. The van der Waals surface area contributed by atoms with Crippen LogP contribution in [0.2, 0.25) is 0 Å². The van der Waals surface area contributed by atoms with Gasteiger partial charge in [-0.2, -0.15) is 10.2 Å². The van der Waals surface area contributed by atoms with Crippen molar-refractivity contribution in [3.05, 3.63) is 38.8 Å². The van der Waals surface area contributed by atoms with E-state index in [2.05, 4.69) is 57.6 Å². The Hall–Kier alpha value is -1.74. The van der Waals surface area contributed by atoms with Crippen LogP contribution in [0.25, 0.3) is 0 Å². The molecule has 98 valence electrons. The molecule has 9 heteroatoms. The maximum absolute atomic E-state index is 11.5. The number of H-pyrrole nitrogens is 1. The Morgan fingerprint density at radius 3 is 2.95 bits per heavy atom. The van der Waals surface area contributed by atoms with Gasteiger partial charge in [0.2, 0.25) is 5.82 Å². The third-order valence-corrected chi connectivity index (χ3v) is 3.12. The Kier molecular flexibility index (Phi) is 4.27. The minimum atomic E-state index is -0.526. The lowest BCUT2D eigenvalue weighted by Gasteiger charge is -2.02. The summed E-state index contributed by atoms with van der Waals surface area (Å²) in [7, 11) is 0. The number of hydrogen-bond acceptors (Lipinski definition) is 5. The van der Waals surface area contributed by atoms with Crippen LogP contribution in [0.1, 0.15) is 16.2 Å². The number of nitrogens with zero attached hydrogens (tertiary/aromatic N) is 3. The Labute approximate surface area is 124 Å². The van der Waals surface area contributed by atoms with Gasteiger partial charge in [-0.3, -0.25) is 9.89 Å². The van der Waals surface area contributed by atoms with Crippen molar-refractivity contribution in [2.45, 2.75) is 0 Å². The third kappa shape index (κ3) is 3.38. The van der Waals surface area contributed by atoms with Crippen LogP contribution in [-0.4, -0.2) is 32.4 Å². The van der Waals surface area contributed by atoms with Crippen molar-refractivity contribution in [3.8, 4) is 5.75 Å². The van der Waals surface area contributed by atoms with Crippen LogP contribution in [-0.2, 0) is 0 Å². The minimum Gasteiger partial charge on any atom is -0.506 e. The zero-order valence-corrected chi connectivity index (χ0v) is 12.4. The number of carbonyl (C=O) groups is 1. The number of halogens is 2. The summed E-state index contributed by atoms with van der Waals surface area (Å²) in [6.45, 7) is 0. The highest BCUT2D eigenvalue weighted by molar-refractivity contribution is 9.11. The molecule has 0 aliphatic heterocycles. The van der Waals surface area contributed by atoms with Crippen molar-refractivity contribution in [1.82, 2.24) is 20.6 Å². The highest BCUT2D eigenvalue weighted by atomic mass is 79.9. The lowest BCUT2D eigenvalue weighted by molar-refractivity contribution is 0.0945. The molecule has 7 nitrogen and oxygen atoms in total. The third-order valence-electron chi connectivity index (χ3n) is 2.06. The largest absolute Gasteiger partial charge is 0.506 e. The first kappa shape index (κ1) is 13.7. The number of phenols is 1. The molecule has 0 saturated heterocycles. The number of phenolic OH excluding ortho intramolecular Hbond substituents is 1. The van der Waals surface area contributed by atoms with Gasteiger partial charge in [-0.1, -0.05) is 15.9 Å². The molecule has 0 radical (unpaired) electrons. The fourth-order valence-electron chi connectivity index (χ4n) is 1.21. The molecule has 1 heterocycles. The minimum absolute atomic E-state index is 0.0286. The van der Waals surface area contributed by atoms with Gasteiger partial charge in [0.25, 0.3) is 0 Å². The number of aromatic amines is 1. The molecule has 0 fully saturated rings. The smallest absolute Gasteiger partial charge is 0.308 e. The first-order valence-corrected chi connectivity index (χ1v) is 6.53. The van der Waals surface area contributed by atoms with E-state index in [9.17, 15) is 9.90 Å². The molecule has 0 saturated carbocycles. The van der Waals surface area contributed by atoms with E-state index in [1.165, 1.54) is 12.5 Å². The summed E-state index contributed by atoms with van der Waals surface area (Å²) < 4.78 is 1.28. The highest BCUT2D eigenvalue weighted by Gasteiger charge is 2.08. The van der Waals surface area contributed by atoms with E-state index in [0.29, 0.717) is 10.0 Å². The Morgan fingerprint density at radius 1 is 1.47 bits per heavy atom. The quantitative estimate of drug-likeness (QED) is 0.550. The fourth-order valence-corrected chi connectivity index (χ4v) is 2.47. The van der Waals surface area contributed by atoms with Crippen LogP contribution < -0.4 is 5.43 Å². The molecule has 0 aliphatic carbocycles. The number of carbonyl (C=O) groups excluding carboxylic acids is 1. The van der Waals surface area contributed by atoms with Crippen LogP contribution in [0, 0.1) is 0 Å². The lowest BCUT2D eigenvalue weighted by Crippen LogP contribution is -2.19. The van der Waals surface area contributed by atoms with E-state index >= 15 is 0 Å². The Bertz CT molecular complexity index is 627. The topological polar surface area (TPSA) is 103 Å². The number of aromatic hydroxyl groups is 1. The molecule has 0 atom stereocenters. The van der Waals surface area contributed by atoms with Crippen LogP contribution in [0.3, 0.4) is 0 Å². The Balaban J connectivity index is 2.09. The maximum atomic E-state index is 11.5. The molecule has 1 aromatic heterocycles. The lowest BCUT2D eigenvalue weighted by atomic mass is 10.2. The monoisotopic (exact) mass is 387 g/mol. The van der Waals surface area contributed by atoms with Crippen molar-refractivity contribution in [3.63, 3.8) is 0 Å². The summed E-state index contributed by atoms with van der Waals surface area (Å²) in [6.07, 6.45) is 2.54. The molecule has 0 unspecified atom stereocenters. The van der Waals surface area contributed by atoms with E-state index in [1.807, 2.05) is 0 Å². The predicted octanol–water partition coefficient (Wildman–Crippen LogP) is 1.80. The molecule has 1 amide bonds. The molecule has 0 bridgehead atoms. The van der Waals surface area contributed by atoms with Gasteiger partial charge < -0.3 is 5.11 Å². The summed E-state index contributed by atoms with van der Waals surface area (Å²) in [6, 6.07) is 3.35. The van der Waals surface area contributed by atoms with Gasteiger partial charge in [-0.15, -0.1) is 0 Å². The van der Waals surface area contributed by atoms with Crippen LogP contribution in [0.15, 0.2) is 32.5 Å². The summed E-state index contributed by atoms with van der Waals surface area (Å²) in [5.74, 6) is -0.444. The average Bonchev–Trinajstić information content (AvgIpc) is 2.88. The number of hydrazone groups is 1. The number of hydrogen-bond donors (Lipinski definition) is 3. The van der Waals surface area contributed by atoms with E-state index < -0.39 is 5.91 Å². The van der Waals surface area contributed by atoms with Gasteiger partial charge in [-0.25, -0.2) is 10.4 Å². The molecule has 3 N–H and O–H groups in total. The van der Waals surface area contributed by atoms with Gasteiger partial charge in [0.05, 0.1) is 10.7 Å². The number of nitrogens with one attached hydrogen (secondary N) is 2. The van der Waals surface area contributed by atoms with Gasteiger partial charge in [-0.05, 0) is 28.1 Å². The molecule has 0 spiro atoms. The maximum Gasteiger partial charge on any atom is 0.308 e. The van der Waals surface area contributed by atoms with Gasteiger partial charge in [0, 0.05) is 10.0 Å². The van der Waals surface area contributed by atoms with Crippen LogP contribution in [0.5, 0.6) is 5.75 Å². The first-order valence-electron chi connectivity index (χ1n) is 4.94. The fraction of sp³-hybridized carbons (Fsp3) is 0. The number of aromatic nitrogens is 3. The zero-order chi connectivity index (χ0) is 13.8.